The monoisotopic (exact) mass is 141 g/mol. The van der Waals surface area contributed by atoms with Gasteiger partial charge in [0.05, 0.1) is 6.21 Å². The third-order valence-corrected chi connectivity index (χ3v) is 1.95. The van der Waals surface area contributed by atoms with Gasteiger partial charge in [-0.2, -0.15) is 0 Å². The van der Waals surface area contributed by atoms with Gasteiger partial charge in [0.15, 0.2) is 0 Å². The van der Waals surface area contributed by atoms with E-state index < -0.39 is 0 Å². The molecule has 58 valence electrons. The van der Waals surface area contributed by atoms with E-state index in [-0.39, 0.29) is 0 Å². The van der Waals surface area contributed by atoms with Gasteiger partial charge in [-0.3, -0.25) is 0 Å². The zero-order chi connectivity index (χ0) is 7.40. The summed E-state index contributed by atoms with van der Waals surface area (Å²) in [6.45, 7) is 4.33. The van der Waals surface area contributed by atoms with E-state index in [2.05, 4.69) is 19.0 Å². The fourth-order valence-electron chi connectivity index (χ4n) is 1.34. The molecule has 0 aromatic heterocycles. The first-order valence-electron chi connectivity index (χ1n) is 4.07. The Hall–Kier alpha value is -0.530. The molecule has 0 aromatic rings. The number of oxime groups is 1. The van der Waals surface area contributed by atoms with Gasteiger partial charge in [0.25, 0.3) is 0 Å². The maximum absolute atomic E-state index is 5.14. The van der Waals surface area contributed by atoms with Gasteiger partial charge >= 0.3 is 0 Å². The van der Waals surface area contributed by atoms with Gasteiger partial charge in [0.1, 0.15) is 6.10 Å². The molecule has 2 atom stereocenters. The van der Waals surface area contributed by atoms with E-state index in [1.54, 1.807) is 0 Å². The minimum Gasteiger partial charge on any atom is -0.392 e. The molecule has 2 heteroatoms. The fraction of sp³-hybridized carbons (Fsp3) is 0.875. The first kappa shape index (κ1) is 7.58. The van der Waals surface area contributed by atoms with Crippen LogP contribution in [-0.4, -0.2) is 12.3 Å². The topological polar surface area (TPSA) is 21.6 Å². The van der Waals surface area contributed by atoms with Crippen LogP contribution in [-0.2, 0) is 4.84 Å². The Morgan fingerprint density at radius 1 is 1.50 bits per heavy atom. The summed E-state index contributed by atoms with van der Waals surface area (Å²) < 4.78 is 0. The lowest BCUT2D eigenvalue weighted by atomic mass is 9.97. The summed E-state index contributed by atoms with van der Waals surface area (Å²) >= 11 is 0. The molecule has 2 unspecified atom stereocenters. The summed E-state index contributed by atoms with van der Waals surface area (Å²) in [5.74, 6) is 0.579. The number of rotatable bonds is 3. The fourth-order valence-corrected chi connectivity index (χ4v) is 1.34. The normalized spacial score (nSPS) is 30.6. The minimum atomic E-state index is 0.361. The maximum Gasteiger partial charge on any atom is 0.135 e. The van der Waals surface area contributed by atoms with Crippen molar-refractivity contribution < 1.29 is 4.84 Å². The Morgan fingerprint density at radius 3 is 2.90 bits per heavy atom. The number of hydrogen-bond donors (Lipinski definition) is 0. The van der Waals surface area contributed by atoms with Gasteiger partial charge in [-0.15, -0.1) is 0 Å². The van der Waals surface area contributed by atoms with E-state index in [1.165, 1.54) is 12.8 Å². The molecule has 0 spiro atoms. The van der Waals surface area contributed by atoms with Crippen molar-refractivity contribution in [2.45, 2.75) is 39.2 Å². The molecule has 10 heavy (non-hydrogen) atoms. The zero-order valence-electron chi connectivity index (χ0n) is 6.71. The Labute approximate surface area is 62.3 Å². The average molecular weight is 141 g/mol. The molecule has 0 aromatic carbocycles. The third-order valence-electron chi connectivity index (χ3n) is 1.95. The van der Waals surface area contributed by atoms with Gasteiger partial charge < -0.3 is 4.84 Å². The molecular weight excluding hydrogens is 126 g/mol. The van der Waals surface area contributed by atoms with Gasteiger partial charge in [-0.1, -0.05) is 25.4 Å². The molecule has 0 saturated carbocycles. The lowest BCUT2D eigenvalue weighted by molar-refractivity contribution is 0.0571. The molecule has 1 aliphatic heterocycles. The molecule has 2 nitrogen and oxygen atoms in total. The molecule has 1 aliphatic rings. The van der Waals surface area contributed by atoms with Crippen LogP contribution >= 0.6 is 0 Å². The van der Waals surface area contributed by atoms with Crippen LogP contribution in [0, 0.1) is 5.92 Å². The average Bonchev–Trinajstić information content (AvgIpc) is 2.36. The second kappa shape index (κ2) is 3.59. The van der Waals surface area contributed by atoms with E-state index in [4.69, 9.17) is 4.84 Å². The summed E-state index contributed by atoms with van der Waals surface area (Å²) in [6.07, 6.45) is 5.81. The molecule has 0 fully saturated rings. The van der Waals surface area contributed by atoms with Crippen molar-refractivity contribution >= 4 is 6.21 Å². The van der Waals surface area contributed by atoms with E-state index >= 15 is 0 Å². The molecule has 0 N–H and O–H groups in total. The van der Waals surface area contributed by atoms with Crippen LogP contribution in [0.4, 0.5) is 0 Å². The van der Waals surface area contributed by atoms with Crippen LogP contribution in [0.3, 0.4) is 0 Å². The zero-order valence-corrected chi connectivity index (χ0v) is 6.71. The van der Waals surface area contributed by atoms with Crippen molar-refractivity contribution in [1.82, 2.24) is 0 Å². The van der Waals surface area contributed by atoms with Crippen molar-refractivity contribution in [2.24, 2.45) is 11.1 Å². The molecular formula is C8H15NO. The van der Waals surface area contributed by atoms with Crippen LogP contribution in [0.5, 0.6) is 0 Å². The van der Waals surface area contributed by atoms with Crippen LogP contribution in [0.2, 0.25) is 0 Å². The molecule has 0 aliphatic carbocycles. The van der Waals surface area contributed by atoms with Crippen molar-refractivity contribution in [3.05, 3.63) is 0 Å². The van der Waals surface area contributed by atoms with Crippen molar-refractivity contribution in [1.29, 1.82) is 0 Å². The maximum atomic E-state index is 5.14. The first-order valence-corrected chi connectivity index (χ1v) is 4.07. The van der Waals surface area contributed by atoms with Gasteiger partial charge in [-0.25, -0.2) is 0 Å². The Bertz CT molecular complexity index is 122. The summed E-state index contributed by atoms with van der Waals surface area (Å²) in [4.78, 5) is 5.14. The molecule has 0 saturated heterocycles. The Balaban J connectivity index is 2.33. The van der Waals surface area contributed by atoms with Gasteiger partial charge in [-0.05, 0) is 12.8 Å². The lowest BCUT2D eigenvalue weighted by Gasteiger charge is -2.12. The summed E-state index contributed by atoms with van der Waals surface area (Å²) in [6, 6.07) is 0. The predicted octanol–water partition coefficient (Wildman–Crippen LogP) is 2.20. The van der Waals surface area contributed by atoms with Crippen molar-refractivity contribution in [3.63, 3.8) is 0 Å². The van der Waals surface area contributed by atoms with Crippen molar-refractivity contribution in [2.75, 3.05) is 0 Å². The quantitative estimate of drug-likeness (QED) is 0.590. The third kappa shape index (κ3) is 1.49. The van der Waals surface area contributed by atoms with Crippen LogP contribution in [0.15, 0.2) is 5.16 Å². The summed E-state index contributed by atoms with van der Waals surface area (Å²) in [5, 5.41) is 3.81. The lowest BCUT2D eigenvalue weighted by Crippen LogP contribution is -2.16. The van der Waals surface area contributed by atoms with Crippen LogP contribution in [0.25, 0.3) is 0 Å². The first-order chi connectivity index (χ1) is 4.88. The SMILES string of the molecule is CCCC1C=NOC1CC. The highest BCUT2D eigenvalue weighted by molar-refractivity contribution is 5.62. The van der Waals surface area contributed by atoms with Gasteiger partial charge in [0, 0.05) is 5.92 Å². The summed E-state index contributed by atoms with van der Waals surface area (Å²) in [7, 11) is 0. The molecule has 0 bridgehead atoms. The smallest absolute Gasteiger partial charge is 0.135 e. The molecule has 1 heterocycles. The van der Waals surface area contributed by atoms with E-state index in [9.17, 15) is 0 Å². The molecule has 1 rings (SSSR count). The highest BCUT2D eigenvalue weighted by atomic mass is 16.6. The van der Waals surface area contributed by atoms with Crippen LogP contribution < -0.4 is 0 Å². The van der Waals surface area contributed by atoms with Crippen molar-refractivity contribution in [3.8, 4) is 0 Å². The largest absolute Gasteiger partial charge is 0.392 e. The standard InChI is InChI=1S/C8H15NO/c1-3-5-7-6-9-10-8(7)4-2/h6-8H,3-5H2,1-2H3. The van der Waals surface area contributed by atoms with E-state index in [0.29, 0.717) is 12.0 Å². The van der Waals surface area contributed by atoms with Gasteiger partial charge in [0.2, 0.25) is 0 Å². The Morgan fingerprint density at radius 2 is 2.30 bits per heavy atom. The number of hydrogen-bond acceptors (Lipinski definition) is 2. The van der Waals surface area contributed by atoms with E-state index in [1.807, 2.05) is 6.21 Å². The highest BCUT2D eigenvalue weighted by Gasteiger charge is 2.23. The van der Waals surface area contributed by atoms with E-state index in [0.717, 1.165) is 6.42 Å². The summed E-state index contributed by atoms with van der Waals surface area (Å²) in [5.41, 5.74) is 0. The second-order valence-electron chi connectivity index (χ2n) is 2.76. The van der Waals surface area contributed by atoms with Crippen LogP contribution in [0.1, 0.15) is 33.1 Å². The number of nitrogens with zero attached hydrogens (tertiary/aromatic N) is 1. The highest BCUT2D eigenvalue weighted by Crippen LogP contribution is 2.20. The minimum absolute atomic E-state index is 0.361. The molecule has 0 radical (unpaired) electrons. The predicted molar refractivity (Wildman–Crippen MR) is 42.1 cm³/mol. The second-order valence-corrected chi connectivity index (χ2v) is 2.76. The Kier molecular flexibility index (Phi) is 2.72. The molecule has 0 amide bonds.